The van der Waals surface area contributed by atoms with Gasteiger partial charge in [0.15, 0.2) is 0 Å². The number of Topliss-reactive ketones (excluding diaryl/α,β-unsaturated/α-hetero) is 1. The first-order valence-electron chi connectivity index (χ1n) is 4.01. The van der Waals surface area contributed by atoms with Gasteiger partial charge in [0.2, 0.25) is 0 Å². The van der Waals surface area contributed by atoms with E-state index in [4.69, 9.17) is 0 Å². The summed E-state index contributed by atoms with van der Waals surface area (Å²) < 4.78 is 0. The van der Waals surface area contributed by atoms with E-state index in [-0.39, 0.29) is 5.78 Å². The molecule has 1 rings (SSSR count). The number of nitrogens with zero attached hydrogens (tertiary/aromatic N) is 1. The predicted molar refractivity (Wildman–Crippen MR) is 48.1 cm³/mol. The fraction of sp³-hybridized carbons (Fsp3) is 0.400. The minimum Gasteiger partial charge on any atom is -0.300 e. The van der Waals surface area contributed by atoms with E-state index in [9.17, 15) is 4.79 Å². The van der Waals surface area contributed by atoms with Gasteiger partial charge in [0.05, 0.1) is 0 Å². The van der Waals surface area contributed by atoms with E-state index in [1.807, 2.05) is 26.0 Å². The van der Waals surface area contributed by atoms with Crippen molar-refractivity contribution in [2.45, 2.75) is 27.2 Å². The van der Waals surface area contributed by atoms with Crippen LogP contribution in [0.25, 0.3) is 0 Å². The summed E-state index contributed by atoms with van der Waals surface area (Å²) in [7, 11) is 0. The van der Waals surface area contributed by atoms with Crippen LogP contribution >= 0.6 is 0 Å². The van der Waals surface area contributed by atoms with Crippen molar-refractivity contribution < 1.29 is 4.79 Å². The van der Waals surface area contributed by atoms with E-state index < -0.39 is 0 Å². The predicted octanol–water partition coefficient (Wildman–Crippen LogP) is 1.83. The number of carbonyl (C=O) groups is 1. The highest BCUT2D eigenvalue weighted by Crippen LogP contribution is 2.05. The molecule has 2 nitrogen and oxygen atoms in total. The quantitative estimate of drug-likeness (QED) is 0.665. The van der Waals surface area contributed by atoms with Crippen LogP contribution < -0.4 is 0 Å². The summed E-state index contributed by atoms with van der Waals surface area (Å²) in [6.45, 7) is 5.48. The van der Waals surface area contributed by atoms with Crippen LogP contribution in [0.2, 0.25) is 0 Å². The summed E-state index contributed by atoms with van der Waals surface area (Å²) in [5.41, 5.74) is 3.02. The molecule has 0 fully saturated rings. The molecule has 0 spiro atoms. The van der Waals surface area contributed by atoms with Gasteiger partial charge >= 0.3 is 0 Å². The fourth-order valence-electron chi connectivity index (χ4n) is 1.31. The Bertz CT molecular complexity index is 284. The molecule has 1 aromatic heterocycles. The van der Waals surface area contributed by atoms with Gasteiger partial charge in [-0.25, -0.2) is 0 Å². The second kappa shape index (κ2) is 3.48. The van der Waals surface area contributed by atoms with Gasteiger partial charge in [0.1, 0.15) is 5.78 Å². The van der Waals surface area contributed by atoms with Crippen LogP contribution in [-0.4, -0.2) is 10.8 Å². The number of rotatable bonds is 2. The van der Waals surface area contributed by atoms with E-state index >= 15 is 0 Å². The third-order valence-electron chi connectivity index (χ3n) is 1.59. The molecule has 2 heteroatoms. The molecule has 0 aliphatic carbocycles. The number of aryl methyl sites for hydroxylation is 2. The Kier molecular flexibility index (Phi) is 2.58. The number of ketones is 1. The monoisotopic (exact) mass is 163 g/mol. The molecule has 0 aliphatic heterocycles. The number of aromatic nitrogens is 1. The van der Waals surface area contributed by atoms with E-state index in [2.05, 4.69) is 4.98 Å². The van der Waals surface area contributed by atoms with Crippen molar-refractivity contribution in [1.29, 1.82) is 0 Å². The largest absolute Gasteiger partial charge is 0.300 e. The molecular formula is C10H13NO. The van der Waals surface area contributed by atoms with Crippen LogP contribution in [0.3, 0.4) is 0 Å². The second-order valence-corrected chi connectivity index (χ2v) is 3.14. The molecule has 0 unspecified atom stereocenters. The molecule has 1 aromatic rings. The van der Waals surface area contributed by atoms with Gasteiger partial charge in [-0.2, -0.15) is 0 Å². The maximum Gasteiger partial charge on any atom is 0.134 e. The summed E-state index contributed by atoms with van der Waals surface area (Å²) in [5.74, 6) is 0.194. The molecule has 0 atom stereocenters. The smallest absolute Gasteiger partial charge is 0.134 e. The summed E-state index contributed by atoms with van der Waals surface area (Å²) in [4.78, 5) is 15.0. The maximum atomic E-state index is 10.8. The van der Waals surface area contributed by atoms with Crippen molar-refractivity contribution >= 4 is 5.78 Å². The third kappa shape index (κ3) is 2.46. The SMILES string of the molecule is CC(=O)Cc1cc(C)nc(C)c1. The highest BCUT2D eigenvalue weighted by molar-refractivity contribution is 5.78. The molecule has 0 radical (unpaired) electrons. The zero-order chi connectivity index (χ0) is 9.14. The first kappa shape index (κ1) is 8.91. The number of hydrogen-bond donors (Lipinski definition) is 0. The fourth-order valence-corrected chi connectivity index (χ4v) is 1.31. The van der Waals surface area contributed by atoms with Gasteiger partial charge < -0.3 is 0 Å². The minimum atomic E-state index is 0.194. The van der Waals surface area contributed by atoms with E-state index in [0.29, 0.717) is 6.42 Å². The van der Waals surface area contributed by atoms with Crippen molar-refractivity contribution in [3.63, 3.8) is 0 Å². The maximum absolute atomic E-state index is 10.8. The molecule has 0 saturated heterocycles. The van der Waals surface area contributed by atoms with Gasteiger partial charge in [0.25, 0.3) is 0 Å². The average Bonchev–Trinajstić information content (AvgIpc) is 1.81. The van der Waals surface area contributed by atoms with Crippen LogP contribution in [0.15, 0.2) is 12.1 Å². The molecule has 64 valence electrons. The minimum absolute atomic E-state index is 0.194. The lowest BCUT2D eigenvalue weighted by Crippen LogP contribution is -1.98. The highest BCUT2D eigenvalue weighted by Gasteiger charge is 1.99. The molecule has 0 aliphatic rings. The Morgan fingerprint density at radius 2 is 1.83 bits per heavy atom. The molecule has 0 amide bonds. The van der Waals surface area contributed by atoms with Crippen molar-refractivity contribution in [3.8, 4) is 0 Å². The molecule has 0 N–H and O–H groups in total. The Morgan fingerprint density at radius 1 is 1.33 bits per heavy atom. The lowest BCUT2D eigenvalue weighted by Gasteiger charge is -2.01. The third-order valence-corrected chi connectivity index (χ3v) is 1.59. The first-order valence-corrected chi connectivity index (χ1v) is 4.01. The second-order valence-electron chi connectivity index (χ2n) is 3.14. The van der Waals surface area contributed by atoms with E-state index in [1.165, 1.54) is 0 Å². The molecule has 12 heavy (non-hydrogen) atoms. The Morgan fingerprint density at radius 3 is 2.25 bits per heavy atom. The van der Waals surface area contributed by atoms with E-state index in [0.717, 1.165) is 17.0 Å². The molecule has 1 heterocycles. The Balaban J connectivity index is 2.93. The number of pyridine rings is 1. The van der Waals surface area contributed by atoms with Crippen molar-refractivity contribution in [3.05, 3.63) is 29.1 Å². The zero-order valence-corrected chi connectivity index (χ0v) is 7.72. The van der Waals surface area contributed by atoms with Crippen molar-refractivity contribution in [2.24, 2.45) is 0 Å². The van der Waals surface area contributed by atoms with Gasteiger partial charge in [-0.3, -0.25) is 9.78 Å². The van der Waals surface area contributed by atoms with Gasteiger partial charge in [-0.1, -0.05) is 0 Å². The van der Waals surface area contributed by atoms with Crippen molar-refractivity contribution in [1.82, 2.24) is 4.98 Å². The molecule has 0 aromatic carbocycles. The zero-order valence-electron chi connectivity index (χ0n) is 7.72. The standard InChI is InChI=1S/C10H13NO/c1-7-4-10(6-9(3)12)5-8(2)11-7/h4-5H,6H2,1-3H3. The highest BCUT2D eigenvalue weighted by atomic mass is 16.1. The van der Waals surface area contributed by atoms with Crippen molar-refractivity contribution in [2.75, 3.05) is 0 Å². The Hall–Kier alpha value is -1.18. The average molecular weight is 163 g/mol. The van der Waals surface area contributed by atoms with Gasteiger partial charge in [-0.15, -0.1) is 0 Å². The lowest BCUT2D eigenvalue weighted by molar-refractivity contribution is -0.116. The van der Waals surface area contributed by atoms with Crippen LogP contribution in [0, 0.1) is 13.8 Å². The summed E-state index contributed by atoms with van der Waals surface area (Å²) in [6, 6.07) is 3.91. The summed E-state index contributed by atoms with van der Waals surface area (Å²) >= 11 is 0. The van der Waals surface area contributed by atoms with Crippen LogP contribution in [-0.2, 0) is 11.2 Å². The van der Waals surface area contributed by atoms with Gasteiger partial charge in [0, 0.05) is 17.8 Å². The van der Waals surface area contributed by atoms with Gasteiger partial charge in [-0.05, 0) is 38.5 Å². The number of carbonyl (C=O) groups excluding carboxylic acids is 1. The Labute approximate surface area is 72.6 Å². The number of hydrogen-bond acceptors (Lipinski definition) is 2. The lowest BCUT2D eigenvalue weighted by atomic mass is 10.1. The molecular weight excluding hydrogens is 150 g/mol. The van der Waals surface area contributed by atoms with Crippen LogP contribution in [0.1, 0.15) is 23.9 Å². The topological polar surface area (TPSA) is 30.0 Å². The van der Waals surface area contributed by atoms with Crippen LogP contribution in [0.4, 0.5) is 0 Å². The normalized spacial score (nSPS) is 9.92. The first-order chi connectivity index (χ1) is 5.58. The summed E-state index contributed by atoms with van der Waals surface area (Å²) in [5, 5.41) is 0. The van der Waals surface area contributed by atoms with E-state index in [1.54, 1.807) is 6.92 Å². The molecule has 0 bridgehead atoms. The summed E-state index contributed by atoms with van der Waals surface area (Å²) in [6.07, 6.45) is 0.518. The van der Waals surface area contributed by atoms with Crippen LogP contribution in [0.5, 0.6) is 0 Å². The molecule has 0 saturated carbocycles.